The molecule has 0 aromatic heterocycles. The minimum Gasteiger partial charge on any atom is -0.355 e. The first-order valence-electron chi connectivity index (χ1n) is 9.00. The molecular formula is C20H25ClN2O3S. The van der Waals surface area contributed by atoms with Crippen molar-refractivity contribution in [2.45, 2.75) is 37.6 Å². The summed E-state index contributed by atoms with van der Waals surface area (Å²) in [6.07, 6.45) is 2.96. The summed E-state index contributed by atoms with van der Waals surface area (Å²) in [5.41, 5.74) is 0.762. The molecule has 1 N–H and O–H groups in total. The molecule has 2 rings (SSSR count). The fourth-order valence-electron chi connectivity index (χ4n) is 2.58. The number of hydrogen-bond acceptors (Lipinski definition) is 3. The molecule has 0 aliphatic rings. The van der Waals surface area contributed by atoms with Crippen LogP contribution in [0.3, 0.4) is 0 Å². The Hall–Kier alpha value is -1.89. The Kier molecular flexibility index (Phi) is 8.28. The zero-order valence-electron chi connectivity index (χ0n) is 15.4. The second-order valence-corrected chi connectivity index (χ2v) is 8.64. The number of sulfonamides is 1. The van der Waals surface area contributed by atoms with Crippen LogP contribution in [-0.2, 0) is 21.4 Å². The molecule has 146 valence electrons. The molecule has 2 aromatic rings. The number of carbonyl (C=O) groups is 1. The van der Waals surface area contributed by atoms with Gasteiger partial charge in [0.15, 0.2) is 0 Å². The molecule has 0 fully saturated rings. The Morgan fingerprint density at radius 2 is 1.70 bits per heavy atom. The van der Waals surface area contributed by atoms with Gasteiger partial charge in [-0.1, -0.05) is 61.7 Å². The fraction of sp³-hybridized carbons (Fsp3) is 0.350. The lowest BCUT2D eigenvalue weighted by Crippen LogP contribution is -2.40. The molecule has 0 saturated carbocycles. The number of amides is 1. The molecule has 0 heterocycles. The van der Waals surface area contributed by atoms with Gasteiger partial charge in [0.25, 0.3) is 0 Å². The first kappa shape index (κ1) is 21.4. The van der Waals surface area contributed by atoms with E-state index in [1.165, 1.54) is 16.4 Å². The lowest BCUT2D eigenvalue weighted by Gasteiger charge is -2.22. The van der Waals surface area contributed by atoms with Crippen molar-refractivity contribution in [2.24, 2.45) is 0 Å². The van der Waals surface area contributed by atoms with Gasteiger partial charge >= 0.3 is 0 Å². The average molecular weight is 409 g/mol. The molecule has 0 spiro atoms. The minimum absolute atomic E-state index is 0.0940. The van der Waals surface area contributed by atoms with Crippen LogP contribution < -0.4 is 5.32 Å². The van der Waals surface area contributed by atoms with Gasteiger partial charge in [-0.3, -0.25) is 4.79 Å². The van der Waals surface area contributed by atoms with Gasteiger partial charge in [0, 0.05) is 18.1 Å². The van der Waals surface area contributed by atoms with Crippen LogP contribution in [0.15, 0.2) is 59.5 Å². The summed E-state index contributed by atoms with van der Waals surface area (Å²) in [4.78, 5) is 12.5. The number of nitrogens with one attached hydrogen (secondary N) is 1. The smallest absolute Gasteiger partial charge is 0.243 e. The van der Waals surface area contributed by atoms with Gasteiger partial charge < -0.3 is 5.32 Å². The van der Waals surface area contributed by atoms with E-state index in [2.05, 4.69) is 12.2 Å². The summed E-state index contributed by atoms with van der Waals surface area (Å²) in [5, 5.41) is 3.37. The van der Waals surface area contributed by atoms with Gasteiger partial charge in [-0.2, -0.15) is 4.31 Å². The molecule has 5 nitrogen and oxygen atoms in total. The molecule has 2 aromatic carbocycles. The SMILES string of the molecule is CCCCCNC(=O)CN(Cc1ccc(Cl)cc1)S(=O)(=O)c1ccccc1. The van der Waals surface area contributed by atoms with Crippen LogP contribution in [0, 0.1) is 0 Å². The molecule has 27 heavy (non-hydrogen) atoms. The third-order valence-corrected chi connectivity index (χ3v) is 6.13. The van der Waals surface area contributed by atoms with Crippen molar-refractivity contribution in [1.82, 2.24) is 9.62 Å². The van der Waals surface area contributed by atoms with E-state index < -0.39 is 10.0 Å². The maximum Gasteiger partial charge on any atom is 0.243 e. The van der Waals surface area contributed by atoms with Gasteiger partial charge in [-0.05, 0) is 36.2 Å². The molecule has 0 bridgehead atoms. The maximum atomic E-state index is 13.0. The van der Waals surface area contributed by atoms with E-state index >= 15 is 0 Å². The topological polar surface area (TPSA) is 66.5 Å². The van der Waals surface area contributed by atoms with Crippen LogP contribution in [0.4, 0.5) is 0 Å². The third kappa shape index (κ3) is 6.65. The number of nitrogens with zero attached hydrogens (tertiary/aromatic N) is 1. The highest BCUT2D eigenvalue weighted by Gasteiger charge is 2.26. The van der Waals surface area contributed by atoms with E-state index in [-0.39, 0.29) is 23.9 Å². The highest BCUT2D eigenvalue weighted by atomic mass is 35.5. The predicted molar refractivity (Wildman–Crippen MR) is 108 cm³/mol. The molecule has 0 atom stereocenters. The van der Waals surface area contributed by atoms with Gasteiger partial charge in [-0.25, -0.2) is 8.42 Å². The predicted octanol–water partition coefficient (Wildman–Crippen LogP) is 3.84. The summed E-state index contributed by atoms with van der Waals surface area (Å²) in [5.74, 6) is -0.306. The van der Waals surface area contributed by atoms with E-state index in [1.54, 1.807) is 42.5 Å². The first-order valence-corrected chi connectivity index (χ1v) is 10.8. The Labute approximate surface area is 166 Å². The zero-order chi connectivity index (χ0) is 19.7. The monoisotopic (exact) mass is 408 g/mol. The van der Waals surface area contributed by atoms with Gasteiger partial charge in [0.2, 0.25) is 15.9 Å². The minimum atomic E-state index is -3.80. The first-order chi connectivity index (χ1) is 12.9. The Bertz CT molecular complexity index is 824. The second kappa shape index (κ2) is 10.4. The summed E-state index contributed by atoms with van der Waals surface area (Å²) >= 11 is 5.91. The molecule has 7 heteroatoms. The zero-order valence-corrected chi connectivity index (χ0v) is 17.0. The van der Waals surface area contributed by atoms with Crippen molar-refractivity contribution < 1.29 is 13.2 Å². The molecule has 1 amide bonds. The van der Waals surface area contributed by atoms with Crippen LogP contribution in [0.2, 0.25) is 5.02 Å². The summed E-state index contributed by atoms with van der Waals surface area (Å²) in [6.45, 7) is 2.50. The number of halogens is 1. The largest absolute Gasteiger partial charge is 0.355 e. The van der Waals surface area contributed by atoms with Crippen LogP contribution in [-0.4, -0.2) is 31.7 Å². The maximum absolute atomic E-state index is 13.0. The van der Waals surface area contributed by atoms with E-state index in [1.807, 2.05) is 0 Å². The number of hydrogen-bond donors (Lipinski definition) is 1. The summed E-state index contributed by atoms with van der Waals surface area (Å²) < 4.78 is 27.3. The highest BCUT2D eigenvalue weighted by Crippen LogP contribution is 2.19. The number of unbranched alkanes of at least 4 members (excludes halogenated alkanes) is 2. The van der Waals surface area contributed by atoms with Gasteiger partial charge in [-0.15, -0.1) is 0 Å². The van der Waals surface area contributed by atoms with Crippen molar-refractivity contribution in [3.8, 4) is 0 Å². The average Bonchev–Trinajstić information content (AvgIpc) is 2.67. The summed E-state index contributed by atoms with van der Waals surface area (Å²) in [7, 11) is -3.80. The molecule has 0 aliphatic carbocycles. The van der Waals surface area contributed by atoms with E-state index in [0.717, 1.165) is 24.8 Å². The van der Waals surface area contributed by atoms with Gasteiger partial charge in [0.1, 0.15) is 0 Å². The highest BCUT2D eigenvalue weighted by molar-refractivity contribution is 7.89. The molecule has 0 aliphatic heterocycles. The number of benzene rings is 2. The molecule has 0 radical (unpaired) electrons. The number of carbonyl (C=O) groups excluding carboxylic acids is 1. The normalized spacial score (nSPS) is 11.5. The second-order valence-electron chi connectivity index (χ2n) is 6.27. The standard InChI is InChI=1S/C20H25ClN2O3S/c1-2-3-7-14-22-20(24)16-23(15-17-10-12-18(21)13-11-17)27(25,26)19-8-5-4-6-9-19/h4-6,8-13H,2-3,7,14-16H2,1H3,(H,22,24). The van der Waals surface area contributed by atoms with E-state index in [4.69, 9.17) is 11.6 Å². The fourth-order valence-corrected chi connectivity index (χ4v) is 4.11. The molecule has 0 saturated heterocycles. The lowest BCUT2D eigenvalue weighted by atomic mass is 10.2. The summed E-state index contributed by atoms with van der Waals surface area (Å²) in [6, 6.07) is 15.1. The lowest BCUT2D eigenvalue weighted by molar-refractivity contribution is -0.121. The number of rotatable bonds is 10. The van der Waals surface area contributed by atoms with E-state index in [9.17, 15) is 13.2 Å². The molecule has 0 unspecified atom stereocenters. The van der Waals surface area contributed by atoms with Crippen molar-refractivity contribution in [3.05, 3.63) is 65.2 Å². The Morgan fingerprint density at radius 1 is 1.04 bits per heavy atom. The van der Waals surface area contributed by atoms with Crippen molar-refractivity contribution >= 4 is 27.5 Å². The van der Waals surface area contributed by atoms with Crippen molar-refractivity contribution in [3.63, 3.8) is 0 Å². The van der Waals surface area contributed by atoms with Crippen molar-refractivity contribution in [1.29, 1.82) is 0 Å². The Balaban J connectivity index is 2.17. The van der Waals surface area contributed by atoms with E-state index in [0.29, 0.717) is 11.6 Å². The van der Waals surface area contributed by atoms with Crippen LogP contribution in [0.5, 0.6) is 0 Å². The van der Waals surface area contributed by atoms with Crippen molar-refractivity contribution in [2.75, 3.05) is 13.1 Å². The van der Waals surface area contributed by atoms with Crippen LogP contribution >= 0.6 is 11.6 Å². The molecular weight excluding hydrogens is 384 g/mol. The third-order valence-electron chi connectivity index (χ3n) is 4.08. The van der Waals surface area contributed by atoms with Crippen LogP contribution in [0.25, 0.3) is 0 Å². The quantitative estimate of drug-likeness (QED) is 0.607. The van der Waals surface area contributed by atoms with Crippen LogP contribution in [0.1, 0.15) is 31.7 Å². The Morgan fingerprint density at radius 3 is 2.33 bits per heavy atom. The van der Waals surface area contributed by atoms with Gasteiger partial charge in [0.05, 0.1) is 11.4 Å².